The molecule has 0 radical (unpaired) electrons. The molecule has 2 N–H and O–H groups in total. The smallest absolute Gasteiger partial charge is 0.191 e. The van der Waals surface area contributed by atoms with E-state index in [0.29, 0.717) is 6.04 Å². The largest absolute Gasteiger partial charge is 0.356 e. The van der Waals surface area contributed by atoms with Gasteiger partial charge < -0.3 is 10.6 Å². The molecule has 114 valence electrons. The Labute approximate surface area is 142 Å². The molecule has 2 unspecified atom stereocenters. The van der Waals surface area contributed by atoms with Crippen molar-refractivity contribution >= 4 is 41.3 Å². The van der Waals surface area contributed by atoms with Gasteiger partial charge in [0.1, 0.15) is 0 Å². The van der Waals surface area contributed by atoms with E-state index < -0.39 is 0 Å². The minimum absolute atomic E-state index is 0. The van der Waals surface area contributed by atoms with Crippen molar-refractivity contribution in [3.63, 3.8) is 0 Å². The fourth-order valence-electron chi connectivity index (χ4n) is 2.10. The van der Waals surface area contributed by atoms with Crippen molar-refractivity contribution in [2.45, 2.75) is 46.1 Å². The van der Waals surface area contributed by atoms with Crippen LogP contribution in [0.2, 0.25) is 0 Å². The molecule has 1 heterocycles. The fourth-order valence-corrected chi connectivity index (χ4v) is 3.13. The summed E-state index contributed by atoms with van der Waals surface area (Å²) in [4.78, 5) is 10.3. The number of aliphatic imine (C=N–C) groups is 1. The zero-order chi connectivity index (χ0) is 13.8. The van der Waals surface area contributed by atoms with Crippen molar-refractivity contribution in [1.29, 1.82) is 0 Å². The van der Waals surface area contributed by atoms with Gasteiger partial charge in [0.25, 0.3) is 0 Å². The van der Waals surface area contributed by atoms with Gasteiger partial charge in [-0.15, -0.1) is 35.3 Å². The normalized spacial score (nSPS) is 21.3. The third-order valence-electron chi connectivity index (χ3n) is 3.56. The Balaban J connectivity index is 0.00000200. The number of nitrogens with one attached hydrogen (secondary N) is 2. The molecule has 0 aliphatic heterocycles. The van der Waals surface area contributed by atoms with Crippen LogP contribution in [0.5, 0.6) is 0 Å². The molecular weight excluding hydrogens is 383 g/mol. The van der Waals surface area contributed by atoms with Gasteiger partial charge in [-0.1, -0.05) is 13.8 Å². The molecule has 0 amide bonds. The monoisotopic (exact) mass is 408 g/mol. The molecule has 2 atom stereocenters. The van der Waals surface area contributed by atoms with E-state index in [1.165, 1.54) is 22.0 Å². The number of guanidine groups is 1. The van der Waals surface area contributed by atoms with E-state index in [1.54, 1.807) is 0 Å². The number of hydrogen-bond donors (Lipinski definition) is 2. The molecular formula is C14H25IN4S. The molecule has 1 fully saturated rings. The summed E-state index contributed by atoms with van der Waals surface area (Å²) < 4.78 is 0. The Bertz CT molecular complexity index is 458. The van der Waals surface area contributed by atoms with Gasteiger partial charge in [0.2, 0.25) is 0 Å². The molecule has 1 aliphatic rings. The van der Waals surface area contributed by atoms with Crippen LogP contribution < -0.4 is 10.6 Å². The Hall–Kier alpha value is -0.370. The van der Waals surface area contributed by atoms with Crippen LogP contribution in [-0.4, -0.2) is 30.6 Å². The van der Waals surface area contributed by atoms with Gasteiger partial charge >= 0.3 is 0 Å². The number of hydrogen-bond acceptors (Lipinski definition) is 3. The van der Waals surface area contributed by atoms with Crippen LogP contribution in [0.4, 0.5) is 0 Å². The summed E-state index contributed by atoms with van der Waals surface area (Å²) in [6, 6.07) is 0.611. The van der Waals surface area contributed by atoms with Crippen molar-refractivity contribution in [1.82, 2.24) is 15.6 Å². The first-order chi connectivity index (χ1) is 9.13. The number of rotatable bonds is 5. The van der Waals surface area contributed by atoms with Crippen molar-refractivity contribution in [2.75, 3.05) is 13.6 Å². The van der Waals surface area contributed by atoms with Crippen LogP contribution in [0.1, 0.15) is 35.8 Å². The van der Waals surface area contributed by atoms with E-state index in [4.69, 9.17) is 0 Å². The highest BCUT2D eigenvalue weighted by molar-refractivity contribution is 14.0. The van der Waals surface area contributed by atoms with Crippen LogP contribution in [0.25, 0.3) is 0 Å². The zero-order valence-corrected chi connectivity index (χ0v) is 15.8. The second kappa shape index (κ2) is 8.17. The van der Waals surface area contributed by atoms with E-state index >= 15 is 0 Å². The lowest BCUT2D eigenvalue weighted by atomic mass is 10.3. The fraction of sp³-hybridized carbons (Fsp3) is 0.714. The lowest BCUT2D eigenvalue weighted by Gasteiger charge is -2.10. The van der Waals surface area contributed by atoms with Gasteiger partial charge in [0.05, 0.1) is 10.7 Å². The number of nitrogens with zero attached hydrogens (tertiary/aromatic N) is 2. The Kier molecular flexibility index (Phi) is 7.22. The van der Waals surface area contributed by atoms with Crippen molar-refractivity contribution in [2.24, 2.45) is 10.9 Å². The molecule has 0 bridgehead atoms. The molecule has 1 aromatic heterocycles. The molecule has 0 spiro atoms. The number of halogens is 1. The van der Waals surface area contributed by atoms with Gasteiger partial charge in [-0.2, -0.15) is 0 Å². The van der Waals surface area contributed by atoms with E-state index in [0.717, 1.165) is 31.3 Å². The maximum absolute atomic E-state index is 4.65. The van der Waals surface area contributed by atoms with Gasteiger partial charge in [0, 0.05) is 30.9 Å². The second-order valence-corrected chi connectivity index (χ2v) is 6.46. The summed E-state index contributed by atoms with van der Waals surface area (Å²) in [7, 11) is 1.82. The van der Waals surface area contributed by atoms with Crippen LogP contribution in [0.3, 0.4) is 0 Å². The predicted octanol–water partition coefficient (Wildman–Crippen LogP) is 2.75. The van der Waals surface area contributed by atoms with Crippen LogP contribution in [0, 0.1) is 12.8 Å². The van der Waals surface area contributed by atoms with E-state index in [1.807, 2.05) is 18.4 Å². The van der Waals surface area contributed by atoms with Gasteiger partial charge in [0.15, 0.2) is 5.96 Å². The molecule has 20 heavy (non-hydrogen) atoms. The summed E-state index contributed by atoms with van der Waals surface area (Å²) in [5.41, 5.74) is 1.24. The highest BCUT2D eigenvalue weighted by Gasteiger charge is 2.33. The van der Waals surface area contributed by atoms with Gasteiger partial charge in [-0.3, -0.25) is 4.99 Å². The van der Waals surface area contributed by atoms with E-state index in [9.17, 15) is 0 Å². The summed E-state index contributed by atoms with van der Waals surface area (Å²) in [5, 5.41) is 8.01. The average molecular weight is 408 g/mol. The standard InChI is InChI=1S/C14H24N4S.HI/c1-5-11-10(3)19-13(17-11)6-7-16-14(15-4)18-12-8-9(12)2;/h9,12H,5-8H2,1-4H3,(H2,15,16,18);1H. The highest BCUT2D eigenvalue weighted by atomic mass is 127. The third-order valence-corrected chi connectivity index (χ3v) is 4.63. The van der Waals surface area contributed by atoms with E-state index in [2.05, 4.69) is 41.4 Å². The first-order valence-corrected chi connectivity index (χ1v) is 7.88. The third kappa shape index (κ3) is 4.87. The summed E-state index contributed by atoms with van der Waals surface area (Å²) in [6.07, 6.45) is 3.25. The number of thiazole rings is 1. The minimum atomic E-state index is 0. The van der Waals surface area contributed by atoms with Crippen LogP contribution >= 0.6 is 35.3 Å². The molecule has 1 saturated carbocycles. The van der Waals surface area contributed by atoms with Gasteiger partial charge in [-0.05, 0) is 25.7 Å². The summed E-state index contributed by atoms with van der Waals surface area (Å²) >= 11 is 1.81. The molecule has 2 rings (SSSR count). The summed E-state index contributed by atoms with van der Waals surface area (Å²) in [5.74, 6) is 1.70. The summed E-state index contributed by atoms with van der Waals surface area (Å²) in [6.45, 7) is 7.46. The lowest BCUT2D eigenvalue weighted by molar-refractivity contribution is 0.756. The Morgan fingerprint density at radius 3 is 2.70 bits per heavy atom. The predicted molar refractivity (Wildman–Crippen MR) is 97.4 cm³/mol. The zero-order valence-electron chi connectivity index (χ0n) is 12.7. The van der Waals surface area contributed by atoms with Crippen LogP contribution in [0.15, 0.2) is 4.99 Å². The minimum Gasteiger partial charge on any atom is -0.356 e. The topological polar surface area (TPSA) is 49.3 Å². The quantitative estimate of drug-likeness (QED) is 0.448. The van der Waals surface area contributed by atoms with Crippen LogP contribution in [-0.2, 0) is 12.8 Å². The van der Waals surface area contributed by atoms with Crippen molar-refractivity contribution < 1.29 is 0 Å². The maximum Gasteiger partial charge on any atom is 0.191 e. The van der Waals surface area contributed by atoms with Crippen molar-refractivity contribution in [3.05, 3.63) is 15.6 Å². The van der Waals surface area contributed by atoms with E-state index in [-0.39, 0.29) is 24.0 Å². The molecule has 1 aliphatic carbocycles. The molecule has 4 nitrogen and oxygen atoms in total. The lowest BCUT2D eigenvalue weighted by Crippen LogP contribution is -2.39. The van der Waals surface area contributed by atoms with Gasteiger partial charge in [-0.25, -0.2) is 4.98 Å². The Morgan fingerprint density at radius 1 is 1.50 bits per heavy atom. The van der Waals surface area contributed by atoms with Crippen molar-refractivity contribution in [3.8, 4) is 0 Å². The first kappa shape index (κ1) is 17.7. The molecule has 0 saturated heterocycles. The molecule has 0 aromatic carbocycles. The maximum atomic E-state index is 4.65. The SMILES string of the molecule is CCc1nc(CCNC(=NC)NC2CC2C)sc1C.I. The molecule has 1 aromatic rings. The first-order valence-electron chi connectivity index (χ1n) is 7.06. The highest BCUT2D eigenvalue weighted by Crippen LogP contribution is 2.28. The number of aromatic nitrogens is 1. The number of aryl methyl sites for hydroxylation is 2. The average Bonchev–Trinajstić information content (AvgIpc) is 2.95. The molecule has 6 heteroatoms. The Morgan fingerprint density at radius 2 is 2.20 bits per heavy atom. The second-order valence-electron chi connectivity index (χ2n) is 5.18.